The molecular weight excluding hydrogens is 302 g/mol. The van der Waals surface area contributed by atoms with E-state index in [0.29, 0.717) is 11.6 Å². The summed E-state index contributed by atoms with van der Waals surface area (Å²) in [5, 5.41) is 3.61. The summed E-state index contributed by atoms with van der Waals surface area (Å²) in [6.45, 7) is 7.60. The second-order valence-corrected chi connectivity index (χ2v) is 6.37. The van der Waals surface area contributed by atoms with Gasteiger partial charge in [0.25, 0.3) is 5.91 Å². The number of nitrogens with zero attached hydrogens (tertiary/aromatic N) is 4. The zero-order valence-corrected chi connectivity index (χ0v) is 14.4. The molecule has 1 N–H and O–H groups in total. The molecule has 1 aliphatic rings. The zero-order valence-electron chi connectivity index (χ0n) is 14.4. The molecule has 0 aliphatic carbocycles. The molecule has 0 unspecified atom stereocenters. The van der Waals surface area contributed by atoms with Gasteiger partial charge in [-0.1, -0.05) is 0 Å². The van der Waals surface area contributed by atoms with E-state index >= 15 is 0 Å². The summed E-state index contributed by atoms with van der Waals surface area (Å²) in [7, 11) is 0. The second kappa shape index (κ2) is 7.57. The average Bonchev–Trinajstić information content (AvgIpc) is 2.95. The number of aryl methyl sites for hydroxylation is 1. The van der Waals surface area contributed by atoms with Gasteiger partial charge in [-0.15, -0.1) is 0 Å². The standard InChI is InChI=1S/C18H25N5O/c1-14-15(2)23(13-21-14)11-8-20-17-5-9-22(10-6-17)18(24)16-4-3-7-19-12-16/h3-4,7,12-13,17,20H,5-6,8-11H2,1-2H3. The van der Waals surface area contributed by atoms with Crippen molar-refractivity contribution in [3.05, 3.63) is 47.8 Å². The largest absolute Gasteiger partial charge is 0.338 e. The van der Waals surface area contributed by atoms with Gasteiger partial charge in [0.1, 0.15) is 0 Å². The molecule has 2 aromatic rings. The van der Waals surface area contributed by atoms with Crippen LogP contribution in [0.1, 0.15) is 34.6 Å². The number of aromatic nitrogens is 3. The molecule has 0 radical (unpaired) electrons. The molecule has 0 saturated carbocycles. The molecule has 1 saturated heterocycles. The topological polar surface area (TPSA) is 63.1 Å². The van der Waals surface area contributed by atoms with E-state index in [2.05, 4.69) is 26.8 Å². The van der Waals surface area contributed by atoms with Gasteiger partial charge in [0, 0.05) is 50.3 Å². The molecular formula is C18H25N5O. The third-order valence-corrected chi connectivity index (χ3v) is 4.82. The van der Waals surface area contributed by atoms with Crippen molar-refractivity contribution in [2.75, 3.05) is 19.6 Å². The number of hydrogen-bond donors (Lipinski definition) is 1. The van der Waals surface area contributed by atoms with Gasteiger partial charge in [-0.25, -0.2) is 4.98 Å². The van der Waals surface area contributed by atoms with Crippen LogP contribution in [-0.4, -0.2) is 51.0 Å². The Labute approximate surface area is 142 Å². The summed E-state index contributed by atoms with van der Waals surface area (Å²) < 4.78 is 2.18. The lowest BCUT2D eigenvalue weighted by Gasteiger charge is -2.32. The smallest absolute Gasteiger partial charge is 0.255 e. The van der Waals surface area contributed by atoms with Crippen LogP contribution in [0.2, 0.25) is 0 Å². The number of piperidine rings is 1. The summed E-state index contributed by atoms with van der Waals surface area (Å²) in [4.78, 5) is 22.7. The number of rotatable bonds is 5. The van der Waals surface area contributed by atoms with Gasteiger partial charge >= 0.3 is 0 Å². The molecule has 2 aromatic heterocycles. The first-order valence-electron chi connectivity index (χ1n) is 8.56. The average molecular weight is 327 g/mol. The molecule has 6 heteroatoms. The lowest BCUT2D eigenvalue weighted by atomic mass is 10.0. The van der Waals surface area contributed by atoms with Crippen LogP contribution in [0, 0.1) is 13.8 Å². The van der Waals surface area contributed by atoms with Crippen LogP contribution >= 0.6 is 0 Å². The molecule has 1 amide bonds. The van der Waals surface area contributed by atoms with E-state index in [1.54, 1.807) is 18.5 Å². The van der Waals surface area contributed by atoms with Crippen molar-refractivity contribution in [3.8, 4) is 0 Å². The van der Waals surface area contributed by atoms with Crippen molar-refractivity contribution in [3.63, 3.8) is 0 Å². The minimum Gasteiger partial charge on any atom is -0.338 e. The lowest BCUT2D eigenvalue weighted by Crippen LogP contribution is -2.45. The predicted molar refractivity (Wildman–Crippen MR) is 92.9 cm³/mol. The first-order chi connectivity index (χ1) is 11.6. The van der Waals surface area contributed by atoms with E-state index < -0.39 is 0 Å². The van der Waals surface area contributed by atoms with E-state index in [0.717, 1.165) is 44.7 Å². The van der Waals surface area contributed by atoms with Crippen molar-refractivity contribution in [2.45, 2.75) is 39.3 Å². The van der Waals surface area contributed by atoms with Crippen molar-refractivity contribution in [2.24, 2.45) is 0 Å². The number of hydrogen-bond acceptors (Lipinski definition) is 4. The molecule has 3 rings (SSSR count). The highest BCUT2D eigenvalue weighted by molar-refractivity contribution is 5.93. The van der Waals surface area contributed by atoms with Crippen LogP contribution in [0.15, 0.2) is 30.9 Å². The molecule has 3 heterocycles. The zero-order chi connectivity index (χ0) is 16.9. The number of likely N-dealkylation sites (tertiary alicyclic amines) is 1. The van der Waals surface area contributed by atoms with Gasteiger partial charge in [-0.2, -0.15) is 0 Å². The van der Waals surface area contributed by atoms with E-state index in [4.69, 9.17) is 0 Å². The van der Waals surface area contributed by atoms with Crippen molar-refractivity contribution in [1.29, 1.82) is 0 Å². The first kappa shape index (κ1) is 16.6. The Balaban J connectivity index is 1.42. The highest BCUT2D eigenvalue weighted by Crippen LogP contribution is 2.13. The Morgan fingerprint density at radius 1 is 1.33 bits per heavy atom. The Kier molecular flexibility index (Phi) is 5.25. The van der Waals surface area contributed by atoms with Gasteiger partial charge in [0.15, 0.2) is 0 Å². The van der Waals surface area contributed by atoms with Crippen LogP contribution in [-0.2, 0) is 6.54 Å². The maximum Gasteiger partial charge on any atom is 0.255 e. The molecule has 0 atom stereocenters. The van der Waals surface area contributed by atoms with Crippen LogP contribution in [0.5, 0.6) is 0 Å². The normalized spacial score (nSPS) is 15.7. The second-order valence-electron chi connectivity index (χ2n) is 6.37. The first-order valence-corrected chi connectivity index (χ1v) is 8.56. The van der Waals surface area contributed by atoms with E-state index in [1.807, 2.05) is 24.2 Å². The monoisotopic (exact) mass is 327 g/mol. The SMILES string of the molecule is Cc1ncn(CCNC2CCN(C(=O)c3cccnc3)CC2)c1C. The molecule has 0 aromatic carbocycles. The fourth-order valence-electron chi connectivity index (χ4n) is 3.12. The van der Waals surface area contributed by atoms with Crippen LogP contribution in [0.25, 0.3) is 0 Å². The molecule has 1 aliphatic heterocycles. The molecule has 128 valence electrons. The van der Waals surface area contributed by atoms with E-state index in [9.17, 15) is 4.79 Å². The molecule has 1 fully saturated rings. The van der Waals surface area contributed by atoms with Gasteiger partial charge in [0.2, 0.25) is 0 Å². The number of imidazole rings is 1. The summed E-state index contributed by atoms with van der Waals surface area (Å²) in [6.07, 6.45) is 7.22. The predicted octanol–water partition coefficient (Wildman–Crippen LogP) is 1.79. The van der Waals surface area contributed by atoms with E-state index in [-0.39, 0.29) is 5.91 Å². The van der Waals surface area contributed by atoms with Gasteiger partial charge in [-0.3, -0.25) is 9.78 Å². The summed E-state index contributed by atoms with van der Waals surface area (Å²) in [5.74, 6) is 0.0889. The maximum atomic E-state index is 12.4. The van der Waals surface area contributed by atoms with Crippen molar-refractivity contribution >= 4 is 5.91 Å². The number of amides is 1. The minimum absolute atomic E-state index is 0.0889. The quantitative estimate of drug-likeness (QED) is 0.909. The van der Waals surface area contributed by atoms with Crippen LogP contribution < -0.4 is 5.32 Å². The Morgan fingerprint density at radius 2 is 2.12 bits per heavy atom. The Bertz CT molecular complexity index is 674. The Hall–Kier alpha value is -2.21. The number of pyridine rings is 1. The highest BCUT2D eigenvalue weighted by Gasteiger charge is 2.23. The number of carbonyl (C=O) groups is 1. The molecule has 0 spiro atoms. The van der Waals surface area contributed by atoms with Crippen molar-refractivity contribution in [1.82, 2.24) is 24.8 Å². The van der Waals surface area contributed by atoms with Gasteiger partial charge in [-0.05, 0) is 38.8 Å². The molecule has 24 heavy (non-hydrogen) atoms. The maximum absolute atomic E-state index is 12.4. The number of carbonyl (C=O) groups excluding carboxylic acids is 1. The van der Waals surface area contributed by atoms with Crippen LogP contribution in [0.4, 0.5) is 0 Å². The fourth-order valence-corrected chi connectivity index (χ4v) is 3.12. The summed E-state index contributed by atoms with van der Waals surface area (Å²) in [5.41, 5.74) is 3.00. The Morgan fingerprint density at radius 3 is 2.75 bits per heavy atom. The molecule has 6 nitrogen and oxygen atoms in total. The highest BCUT2D eigenvalue weighted by atomic mass is 16.2. The van der Waals surface area contributed by atoms with Crippen LogP contribution in [0.3, 0.4) is 0 Å². The third kappa shape index (κ3) is 3.82. The number of nitrogens with one attached hydrogen (secondary N) is 1. The summed E-state index contributed by atoms with van der Waals surface area (Å²) in [6, 6.07) is 4.11. The molecule has 0 bridgehead atoms. The lowest BCUT2D eigenvalue weighted by molar-refractivity contribution is 0.0704. The van der Waals surface area contributed by atoms with Crippen molar-refractivity contribution < 1.29 is 4.79 Å². The van der Waals surface area contributed by atoms with Gasteiger partial charge in [0.05, 0.1) is 17.6 Å². The fraction of sp³-hybridized carbons (Fsp3) is 0.500. The van der Waals surface area contributed by atoms with Gasteiger partial charge < -0.3 is 14.8 Å². The van der Waals surface area contributed by atoms with E-state index in [1.165, 1.54) is 5.69 Å². The third-order valence-electron chi connectivity index (χ3n) is 4.82. The minimum atomic E-state index is 0.0889. The summed E-state index contributed by atoms with van der Waals surface area (Å²) >= 11 is 0.